The van der Waals surface area contributed by atoms with Crippen LogP contribution in [-0.4, -0.2) is 41.1 Å². The van der Waals surface area contributed by atoms with Crippen molar-refractivity contribution in [3.63, 3.8) is 0 Å². The molecule has 0 bridgehead atoms. The van der Waals surface area contributed by atoms with Gasteiger partial charge < -0.3 is 24.8 Å². The predicted octanol–water partition coefficient (Wildman–Crippen LogP) is 0.0121. The fraction of sp³-hybridized carbons (Fsp3) is 0.300. The summed E-state index contributed by atoms with van der Waals surface area (Å²) in [6.07, 6.45) is 0. The fourth-order valence-corrected chi connectivity index (χ4v) is 0.948. The molecule has 1 aromatic rings. The summed E-state index contributed by atoms with van der Waals surface area (Å²) in [6, 6.07) is 3.64. The van der Waals surface area contributed by atoms with Crippen molar-refractivity contribution in [3.8, 4) is 17.2 Å². The number of benzene rings is 1. The molecule has 6 nitrogen and oxygen atoms in total. The van der Waals surface area contributed by atoms with Crippen molar-refractivity contribution in [2.24, 2.45) is 0 Å². The van der Waals surface area contributed by atoms with Gasteiger partial charge in [-0.25, -0.2) is 4.79 Å². The zero-order chi connectivity index (χ0) is 12.0. The lowest BCUT2D eigenvalue weighted by molar-refractivity contribution is -0.139. The quantitative estimate of drug-likeness (QED) is 0.284. The second-order valence-electron chi connectivity index (χ2n) is 2.90. The van der Waals surface area contributed by atoms with E-state index in [9.17, 15) is 4.79 Å². The Bertz CT molecular complexity index is 362. The summed E-state index contributed by atoms with van der Waals surface area (Å²) in [7, 11) is 0. The van der Waals surface area contributed by atoms with Crippen molar-refractivity contribution in [2.75, 3.05) is 19.8 Å². The van der Waals surface area contributed by atoms with Crippen LogP contribution < -0.4 is 4.74 Å². The third-order valence-corrected chi connectivity index (χ3v) is 1.63. The molecule has 6 heteroatoms. The summed E-state index contributed by atoms with van der Waals surface area (Å²) in [5.41, 5.74) is 0. The van der Waals surface area contributed by atoms with E-state index < -0.39 is 5.97 Å². The van der Waals surface area contributed by atoms with Crippen molar-refractivity contribution in [2.45, 2.75) is 0 Å². The molecule has 0 aliphatic heterocycles. The molecule has 0 saturated carbocycles. The Morgan fingerprint density at radius 1 is 1.25 bits per heavy atom. The Morgan fingerprint density at radius 2 is 2.00 bits per heavy atom. The number of esters is 1. The van der Waals surface area contributed by atoms with Crippen LogP contribution in [0.3, 0.4) is 0 Å². The number of carbonyl (C=O) groups is 1. The summed E-state index contributed by atoms with van der Waals surface area (Å²) in [5.74, 6) is -1.22. The van der Waals surface area contributed by atoms with Gasteiger partial charge in [0.2, 0.25) is 0 Å². The first kappa shape index (κ1) is 12.3. The summed E-state index contributed by atoms with van der Waals surface area (Å²) in [4.78, 5) is 11.1. The highest BCUT2D eigenvalue weighted by atomic mass is 16.6. The Hall–Kier alpha value is -1.79. The minimum Gasteiger partial charge on any atom is -0.504 e. The molecular weight excluding hydrogens is 216 g/mol. The van der Waals surface area contributed by atoms with E-state index in [1.165, 1.54) is 12.1 Å². The van der Waals surface area contributed by atoms with E-state index >= 15 is 0 Å². The highest BCUT2D eigenvalue weighted by Gasteiger charge is 2.07. The third-order valence-electron chi connectivity index (χ3n) is 1.63. The van der Waals surface area contributed by atoms with Gasteiger partial charge in [-0.3, -0.25) is 0 Å². The van der Waals surface area contributed by atoms with Crippen molar-refractivity contribution in [1.82, 2.24) is 0 Å². The predicted molar refractivity (Wildman–Crippen MR) is 53.3 cm³/mol. The van der Waals surface area contributed by atoms with E-state index in [0.29, 0.717) is 0 Å². The SMILES string of the molecule is O=C(COCCO)Oc1ccc(O)c(O)c1. The maximum absolute atomic E-state index is 11.1. The van der Waals surface area contributed by atoms with E-state index in [4.69, 9.17) is 24.8 Å². The van der Waals surface area contributed by atoms with Crippen LogP contribution in [0.5, 0.6) is 17.2 Å². The molecule has 0 spiro atoms. The zero-order valence-electron chi connectivity index (χ0n) is 8.42. The molecule has 1 rings (SSSR count). The van der Waals surface area contributed by atoms with Gasteiger partial charge in [0.05, 0.1) is 13.2 Å². The summed E-state index contributed by atoms with van der Waals surface area (Å²) in [5, 5.41) is 26.5. The molecule has 3 N–H and O–H groups in total. The van der Waals surface area contributed by atoms with Crippen LogP contribution >= 0.6 is 0 Å². The Balaban J connectivity index is 2.46. The highest BCUT2D eigenvalue weighted by Crippen LogP contribution is 2.28. The molecule has 0 amide bonds. The van der Waals surface area contributed by atoms with Crippen molar-refractivity contribution in [1.29, 1.82) is 0 Å². The average Bonchev–Trinajstić information content (AvgIpc) is 2.24. The number of phenolic OH excluding ortho intramolecular Hbond substituents is 2. The zero-order valence-corrected chi connectivity index (χ0v) is 8.42. The number of ether oxygens (including phenoxy) is 2. The lowest BCUT2D eigenvalue weighted by atomic mass is 10.3. The maximum atomic E-state index is 11.1. The van der Waals surface area contributed by atoms with E-state index in [2.05, 4.69) is 0 Å². The minimum atomic E-state index is -0.654. The van der Waals surface area contributed by atoms with Crippen LogP contribution in [0.2, 0.25) is 0 Å². The van der Waals surface area contributed by atoms with Gasteiger partial charge >= 0.3 is 5.97 Å². The first-order valence-electron chi connectivity index (χ1n) is 4.54. The van der Waals surface area contributed by atoms with Crippen LogP contribution in [0.1, 0.15) is 0 Å². The fourth-order valence-electron chi connectivity index (χ4n) is 0.948. The van der Waals surface area contributed by atoms with Crippen LogP contribution in [-0.2, 0) is 9.53 Å². The van der Waals surface area contributed by atoms with Crippen LogP contribution in [0.25, 0.3) is 0 Å². The van der Waals surface area contributed by atoms with Crippen molar-refractivity contribution < 1.29 is 29.6 Å². The maximum Gasteiger partial charge on any atom is 0.337 e. The van der Waals surface area contributed by atoms with Gasteiger partial charge in [-0.1, -0.05) is 0 Å². The second-order valence-corrected chi connectivity index (χ2v) is 2.90. The number of aliphatic hydroxyl groups is 1. The summed E-state index contributed by atoms with van der Waals surface area (Å²) >= 11 is 0. The Kier molecular flexibility index (Phi) is 4.56. The van der Waals surface area contributed by atoms with E-state index in [1.54, 1.807) is 0 Å². The normalized spacial score (nSPS) is 10.1. The number of aliphatic hydroxyl groups excluding tert-OH is 1. The van der Waals surface area contributed by atoms with Gasteiger partial charge in [0.15, 0.2) is 11.5 Å². The van der Waals surface area contributed by atoms with Gasteiger partial charge in [0.1, 0.15) is 12.4 Å². The van der Waals surface area contributed by atoms with Crippen molar-refractivity contribution in [3.05, 3.63) is 18.2 Å². The molecule has 0 aliphatic rings. The lowest BCUT2D eigenvalue weighted by Crippen LogP contribution is -2.16. The molecule has 0 radical (unpaired) electrons. The molecule has 0 atom stereocenters. The van der Waals surface area contributed by atoms with Crippen molar-refractivity contribution >= 4 is 5.97 Å². The molecule has 0 heterocycles. The van der Waals surface area contributed by atoms with Gasteiger partial charge in [0, 0.05) is 6.07 Å². The summed E-state index contributed by atoms with van der Waals surface area (Å²) < 4.78 is 9.51. The van der Waals surface area contributed by atoms with Crippen LogP contribution in [0.4, 0.5) is 0 Å². The first-order chi connectivity index (χ1) is 7.63. The molecule has 0 aliphatic carbocycles. The largest absolute Gasteiger partial charge is 0.504 e. The molecule has 1 aromatic carbocycles. The number of rotatable bonds is 5. The number of carbonyl (C=O) groups excluding carboxylic acids is 1. The smallest absolute Gasteiger partial charge is 0.337 e. The number of hydrogen-bond donors (Lipinski definition) is 3. The Morgan fingerprint density at radius 3 is 2.62 bits per heavy atom. The molecule has 16 heavy (non-hydrogen) atoms. The third kappa shape index (κ3) is 3.76. The van der Waals surface area contributed by atoms with E-state index in [0.717, 1.165) is 6.07 Å². The first-order valence-corrected chi connectivity index (χ1v) is 4.54. The van der Waals surface area contributed by atoms with Gasteiger partial charge in [0.25, 0.3) is 0 Å². The van der Waals surface area contributed by atoms with Gasteiger partial charge in [-0.05, 0) is 12.1 Å². The molecule has 0 unspecified atom stereocenters. The number of hydrogen-bond acceptors (Lipinski definition) is 6. The minimum absolute atomic E-state index is 0.0515. The number of phenols is 2. The Labute approximate surface area is 91.7 Å². The summed E-state index contributed by atoms with van der Waals surface area (Å²) in [6.45, 7) is -0.411. The highest BCUT2D eigenvalue weighted by molar-refractivity contribution is 5.73. The molecule has 0 saturated heterocycles. The monoisotopic (exact) mass is 228 g/mol. The second kappa shape index (κ2) is 5.94. The molecule has 0 fully saturated rings. The average molecular weight is 228 g/mol. The lowest BCUT2D eigenvalue weighted by Gasteiger charge is -2.05. The van der Waals surface area contributed by atoms with Gasteiger partial charge in [-0.15, -0.1) is 0 Å². The standard InChI is InChI=1S/C10H12O6/c11-3-4-15-6-10(14)16-7-1-2-8(12)9(13)5-7/h1-2,5,11-13H,3-4,6H2. The van der Waals surface area contributed by atoms with Gasteiger partial charge in [-0.2, -0.15) is 0 Å². The van der Waals surface area contributed by atoms with Crippen LogP contribution in [0, 0.1) is 0 Å². The molecular formula is C10H12O6. The van der Waals surface area contributed by atoms with Crippen LogP contribution in [0.15, 0.2) is 18.2 Å². The number of aromatic hydroxyl groups is 2. The topological polar surface area (TPSA) is 96.2 Å². The van der Waals surface area contributed by atoms with E-state index in [-0.39, 0.29) is 37.1 Å². The molecule has 88 valence electrons. The molecule has 0 aromatic heterocycles. The van der Waals surface area contributed by atoms with E-state index in [1.807, 2.05) is 0 Å².